The molecule has 5 nitrogen and oxygen atoms in total. The molecule has 0 unspecified atom stereocenters. The van der Waals surface area contributed by atoms with Crippen molar-refractivity contribution in [2.75, 3.05) is 0 Å². The molecule has 0 aromatic heterocycles. The van der Waals surface area contributed by atoms with Gasteiger partial charge in [0.15, 0.2) is 0 Å². The highest BCUT2D eigenvalue weighted by molar-refractivity contribution is 5.87. The van der Waals surface area contributed by atoms with Gasteiger partial charge in [-0.05, 0) is 31.5 Å². The molecule has 0 fully saturated rings. The Morgan fingerprint density at radius 2 is 1.43 bits per heavy atom. The lowest BCUT2D eigenvalue weighted by atomic mass is 10.1. The summed E-state index contributed by atoms with van der Waals surface area (Å²) in [5, 5.41) is 5.42. The minimum absolute atomic E-state index is 0.0272. The fraction of sp³-hybridized carbons (Fsp3) is 0.222. The number of benzene rings is 2. The summed E-state index contributed by atoms with van der Waals surface area (Å²) in [4.78, 5) is 24.4. The third-order valence-corrected chi connectivity index (χ3v) is 3.04. The topological polar surface area (TPSA) is 67.4 Å². The Kier molecular flexibility index (Phi) is 5.74. The number of hydrogen-bond acceptors (Lipinski definition) is 3. The molecular formula is C18H20N2O3. The van der Waals surface area contributed by atoms with Crippen molar-refractivity contribution in [3.63, 3.8) is 0 Å². The maximum atomic E-state index is 12.4. The molecule has 0 aliphatic heterocycles. The maximum absolute atomic E-state index is 12.4. The lowest BCUT2D eigenvalue weighted by molar-refractivity contribution is -0.123. The summed E-state index contributed by atoms with van der Waals surface area (Å²) in [5.74, 6) is 0.136. The van der Waals surface area contributed by atoms with Gasteiger partial charge in [-0.2, -0.15) is 0 Å². The van der Waals surface area contributed by atoms with Crippen molar-refractivity contribution in [2.45, 2.75) is 25.9 Å². The summed E-state index contributed by atoms with van der Waals surface area (Å²) in [7, 11) is 0. The Bertz CT molecular complexity index is 642. The Labute approximate surface area is 135 Å². The first kappa shape index (κ1) is 16.5. The molecule has 0 heterocycles. The Morgan fingerprint density at radius 3 is 2.00 bits per heavy atom. The molecule has 0 spiro atoms. The van der Waals surface area contributed by atoms with Crippen molar-refractivity contribution in [3.05, 3.63) is 66.2 Å². The number of carbonyl (C=O) groups excluding carboxylic acids is 2. The van der Waals surface area contributed by atoms with Crippen molar-refractivity contribution in [1.29, 1.82) is 0 Å². The largest absolute Gasteiger partial charge is 0.413 e. The molecule has 120 valence electrons. The minimum atomic E-state index is -0.810. The van der Waals surface area contributed by atoms with Crippen LogP contribution in [-0.2, 0) is 4.79 Å². The van der Waals surface area contributed by atoms with Crippen LogP contribution in [0.1, 0.15) is 25.5 Å². The molecule has 0 radical (unpaired) electrons. The second-order valence-corrected chi connectivity index (χ2v) is 5.35. The van der Waals surface area contributed by atoms with Gasteiger partial charge >= 0.3 is 6.09 Å². The van der Waals surface area contributed by atoms with Crippen LogP contribution < -0.4 is 15.4 Å². The molecule has 0 bridgehead atoms. The highest BCUT2D eigenvalue weighted by Gasteiger charge is 2.23. The van der Waals surface area contributed by atoms with Crippen LogP contribution in [0.4, 0.5) is 4.79 Å². The van der Waals surface area contributed by atoms with Crippen LogP contribution in [-0.4, -0.2) is 18.0 Å². The summed E-state index contributed by atoms with van der Waals surface area (Å²) in [5.41, 5.74) is 0.690. The standard InChI is InChI=1S/C18H20N2O3/c1-13(2)19-17(21)16(14-9-5-3-6-10-14)20-18(22)23-15-11-7-4-8-12-15/h3-13,16H,1-2H3,(H,19,21)(H,20,22)/t16-/m0/s1. The van der Waals surface area contributed by atoms with E-state index in [4.69, 9.17) is 4.74 Å². The molecule has 0 aliphatic carbocycles. The van der Waals surface area contributed by atoms with E-state index in [0.29, 0.717) is 11.3 Å². The van der Waals surface area contributed by atoms with Gasteiger partial charge in [0.2, 0.25) is 5.91 Å². The van der Waals surface area contributed by atoms with E-state index >= 15 is 0 Å². The van der Waals surface area contributed by atoms with Crippen LogP contribution in [0, 0.1) is 0 Å². The number of para-hydroxylation sites is 1. The van der Waals surface area contributed by atoms with Crippen LogP contribution in [0.5, 0.6) is 5.75 Å². The molecular weight excluding hydrogens is 292 g/mol. The first-order chi connectivity index (χ1) is 11.1. The SMILES string of the molecule is CC(C)NC(=O)[C@@H](NC(=O)Oc1ccccc1)c1ccccc1. The number of ether oxygens (including phenoxy) is 1. The fourth-order valence-electron chi connectivity index (χ4n) is 2.06. The molecule has 2 amide bonds. The zero-order valence-electron chi connectivity index (χ0n) is 13.2. The normalized spacial score (nSPS) is 11.6. The van der Waals surface area contributed by atoms with Gasteiger partial charge in [-0.1, -0.05) is 48.5 Å². The summed E-state index contributed by atoms with van der Waals surface area (Å²) < 4.78 is 5.19. The van der Waals surface area contributed by atoms with E-state index in [0.717, 1.165) is 0 Å². The number of rotatable bonds is 5. The van der Waals surface area contributed by atoms with Crippen LogP contribution in [0.2, 0.25) is 0 Å². The molecule has 0 saturated carbocycles. The van der Waals surface area contributed by atoms with E-state index in [-0.39, 0.29) is 11.9 Å². The van der Waals surface area contributed by atoms with E-state index in [2.05, 4.69) is 10.6 Å². The molecule has 2 rings (SSSR count). The molecule has 0 aliphatic rings. The van der Waals surface area contributed by atoms with Gasteiger partial charge in [-0.25, -0.2) is 4.79 Å². The highest BCUT2D eigenvalue weighted by atomic mass is 16.6. The van der Waals surface area contributed by atoms with Crippen LogP contribution in [0.25, 0.3) is 0 Å². The Balaban J connectivity index is 2.11. The second-order valence-electron chi connectivity index (χ2n) is 5.35. The molecule has 1 atom stereocenters. The summed E-state index contributed by atoms with van der Waals surface area (Å²) in [6, 6.07) is 16.9. The summed E-state index contributed by atoms with van der Waals surface area (Å²) in [6.07, 6.45) is -0.677. The Morgan fingerprint density at radius 1 is 0.870 bits per heavy atom. The third kappa shape index (κ3) is 5.14. The smallest absolute Gasteiger partial charge is 0.410 e. The molecule has 5 heteroatoms. The second kappa shape index (κ2) is 7.98. The van der Waals surface area contributed by atoms with Crippen molar-refractivity contribution in [3.8, 4) is 5.75 Å². The summed E-state index contributed by atoms with van der Waals surface area (Å²) >= 11 is 0. The molecule has 0 saturated heterocycles. The average molecular weight is 312 g/mol. The monoisotopic (exact) mass is 312 g/mol. The van der Waals surface area contributed by atoms with Crippen molar-refractivity contribution >= 4 is 12.0 Å². The number of carbonyl (C=O) groups is 2. The number of hydrogen-bond donors (Lipinski definition) is 2. The predicted octanol–water partition coefficient (Wildman–Crippen LogP) is 3.04. The minimum Gasteiger partial charge on any atom is -0.410 e. The van der Waals surface area contributed by atoms with Crippen LogP contribution >= 0.6 is 0 Å². The number of amides is 2. The van der Waals surface area contributed by atoms with Crippen molar-refractivity contribution < 1.29 is 14.3 Å². The van der Waals surface area contributed by atoms with Gasteiger partial charge in [-0.3, -0.25) is 4.79 Å². The van der Waals surface area contributed by atoms with Gasteiger partial charge in [0.1, 0.15) is 11.8 Å². The van der Waals surface area contributed by atoms with Crippen molar-refractivity contribution in [1.82, 2.24) is 10.6 Å². The average Bonchev–Trinajstić information content (AvgIpc) is 2.53. The quantitative estimate of drug-likeness (QED) is 0.891. The molecule has 2 N–H and O–H groups in total. The highest BCUT2D eigenvalue weighted by Crippen LogP contribution is 2.15. The van der Waals surface area contributed by atoms with Gasteiger partial charge < -0.3 is 15.4 Å². The van der Waals surface area contributed by atoms with E-state index in [9.17, 15) is 9.59 Å². The van der Waals surface area contributed by atoms with Crippen LogP contribution in [0.3, 0.4) is 0 Å². The van der Waals surface area contributed by atoms with Gasteiger partial charge in [0.05, 0.1) is 0 Å². The lowest BCUT2D eigenvalue weighted by Crippen LogP contribution is -2.43. The zero-order chi connectivity index (χ0) is 16.7. The molecule has 2 aromatic rings. The molecule has 23 heavy (non-hydrogen) atoms. The zero-order valence-corrected chi connectivity index (χ0v) is 13.2. The number of nitrogens with one attached hydrogen (secondary N) is 2. The van der Waals surface area contributed by atoms with E-state index in [1.54, 1.807) is 36.4 Å². The van der Waals surface area contributed by atoms with Crippen molar-refractivity contribution in [2.24, 2.45) is 0 Å². The van der Waals surface area contributed by atoms with Crippen LogP contribution in [0.15, 0.2) is 60.7 Å². The first-order valence-electron chi connectivity index (χ1n) is 7.45. The maximum Gasteiger partial charge on any atom is 0.413 e. The fourth-order valence-corrected chi connectivity index (χ4v) is 2.06. The van der Waals surface area contributed by atoms with E-state index in [1.807, 2.05) is 38.1 Å². The van der Waals surface area contributed by atoms with Gasteiger partial charge in [-0.15, -0.1) is 0 Å². The first-order valence-corrected chi connectivity index (χ1v) is 7.45. The Hall–Kier alpha value is -2.82. The summed E-state index contributed by atoms with van der Waals surface area (Å²) in [6.45, 7) is 3.73. The van der Waals surface area contributed by atoms with Gasteiger partial charge in [0, 0.05) is 6.04 Å². The molecule has 2 aromatic carbocycles. The van der Waals surface area contributed by atoms with E-state index in [1.165, 1.54) is 0 Å². The van der Waals surface area contributed by atoms with Gasteiger partial charge in [0.25, 0.3) is 0 Å². The van der Waals surface area contributed by atoms with E-state index < -0.39 is 12.1 Å². The lowest BCUT2D eigenvalue weighted by Gasteiger charge is -2.20. The predicted molar refractivity (Wildman–Crippen MR) is 88.1 cm³/mol. The third-order valence-electron chi connectivity index (χ3n) is 3.04.